The van der Waals surface area contributed by atoms with Crippen molar-refractivity contribution in [2.24, 2.45) is 11.7 Å². The van der Waals surface area contributed by atoms with Gasteiger partial charge in [-0.3, -0.25) is 19.8 Å². The van der Waals surface area contributed by atoms with Crippen LogP contribution in [0.1, 0.15) is 23.7 Å². The Kier molecular flexibility index (Phi) is 4.87. The van der Waals surface area contributed by atoms with Crippen LogP contribution in [0.3, 0.4) is 0 Å². The van der Waals surface area contributed by atoms with Crippen molar-refractivity contribution in [1.82, 2.24) is 10.2 Å². The first kappa shape index (κ1) is 14.7. The van der Waals surface area contributed by atoms with Gasteiger partial charge in [0.15, 0.2) is 0 Å². The highest BCUT2D eigenvalue weighted by Crippen LogP contribution is 2.17. The Balaban J connectivity index is 1.80. The van der Waals surface area contributed by atoms with Crippen molar-refractivity contribution in [3.8, 4) is 0 Å². The monoisotopic (exact) mass is 275 g/mol. The molecule has 2 atom stereocenters. The molecule has 20 heavy (non-hydrogen) atoms. The molecule has 2 rings (SSSR count). The molecule has 1 aliphatic rings. The number of hydrogen-bond acceptors (Lipinski definition) is 4. The first-order valence-electron chi connectivity index (χ1n) is 6.93. The van der Waals surface area contributed by atoms with Gasteiger partial charge in [0.2, 0.25) is 5.91 Å². The first-order valence-corrected chi connectivity index (χ1v) is 6.93. The van der Waals surface area contributed by atoms with Gasteiger partial charge in [-0.15, -0.1) is 0 Å². The zero-order chi connectivity index (χ0) is 14.5. The number of carbonyl (C=O) groups is 2. The summed E-state index contributed by atoms with van der Waals surface area (Å²) in [6.07, 6.45) is 1.01. The second kappa shape index (κ2) is 6.63. The number of nitrogens with zero attached hydrogens (tertiary/aromatic N) is 1. The minimum absolute atomic E-state index is 0.147. The molecule has 0 aromatic heterocycles. The smallest absolute Gasteiger partial charge is 0.257 e. The number of amides is 2. The van der Waals surface area contributed by atoms with Gasteiger partial charge in [-0.2, -0.15) is 0 Å². The molecule has 0 radical (unpaired) electrons. The van der Waals surface area contributed by atoms with E-state index < -0.39 is 0 Å². The molecule has 2 unspecified atom stereocenters. The maximum Gasteiger partial charge on any atom is 0.257 e. The fourth-order valence-electron chi connectivity index (χ4n) is 2.47. The van der Waals surface area contributed by atoms with Gasteiger partial charge < -0.3 is 5.73 Å². The predicted molar refractivity (Wildman–Crippen MR) is 77.1 cm³/mol. The molecule has 0 spiro atoms. The lowest BCUT2D eigenvalue weighted by molar-refractivity contribution is -0.121. The average Bonchev–Trinajstić information content (AvgIpc) is 2.88. The average molecular weight is 275 g/mol. The van der Waals surface area contributed by atoms with E-state index in [2.05, 4.69) is 5.32 Å². The Morgan fingerprint density at radius 1 is 1.40 bits per heavy atom. The summed E-state index contributed by atoms with van der Waals surface area (Å²) in [6, 6.07) is 8.89. The SMILES string of the molecule is CC(N)C1CCN(CC(=O)NC(=O)c2ccccc2)C1. The number of likely N-dealkylation sites (tertiary alicyclic amines) is 1. The Morgan fingerprint density at radius 3 is 2.70 bits per heavy atom. The van der Waals surface area contributed by atoms with Gasteiger partial charge in [-0.1, -0.05) is 18.2 Å². The molecule has 1 heterocycles. The van der Waals surface area contributed by atoms with E-state index in [-0.39, 0.29) is 24.4 Å². The van der Waals surface area contributed by atoms with Crippen LogP contribution in [0.4, 0.5) is 0 Å². The van der Waals surface area contributed by atoms with Crippen LogP contribution in [-0.4, -0.2) is 42.4 Å². The first-order chi connectivity index (χ1) is 9.56. The van der Waals surface area contributed by atoms with Crippen LogP contribution in [0, 0.1) is 5.92 Å². The Bertz CT molecular complexity index is 473. The molecule has 1 fully saturated rings. The molecule has 1 aromatic carbocycles. The number of hydrogen-bond donors (Lipinski definition) is 2. The Morgan fingerprint density at radius 2 is 2.10 bits per heavy atom. The Labute approximate surface area is 119 Å². The van der Waals surface area contributed by atoms with Crippen molar-refractivity contribution >= 4 is 11.8 Å². The van der Waals surface area contributed by atoms with E-state index in [1.807, 2.05) is 17.9 Å². The highest BCUT2D eigenvalue weighted by molar-refractivity contribution is 6.05. The zero-order valence-electron chi connectivity index (χ0n) is 11.7. The van der Waals surface area contributed by atoms with Crippen LogP contribution >= 0.6 is 0 Å². The lowest BCUT2D eigenvalue weighted by Crippen LogP contribution is -2.40. The highest BCUT2D eigenvalue weighted by Gasteiger charge is 2.26. The number of imide groups is 1. The molecule has 0 bridgehead atoms. The summed E-state index contributed by atoms with van der Waals surface area (Å²) < 4.78 is 0. The summed E-state index contributed by atoms with van der Waals surface area (Å²) in [6.45, 7) is 3.93. The van der Waals surface area contributed by atoms with Gasteiger partial charge in [0, 0.05) is 18.2 Å². The minimum atomic E-state index is -0.349. The third-order valence-corrected chi connectivity index (χ3v) is 3.71. The largest absolute Gasteiger partial charge is 0.328 e. The maximum absolute atomic E-state index is 11.9. The van der Waals surface area contributed by atoms with E-state index in [0.29, 0.717) is 11.5 Å². The summed E-state index contributed by atoms with van der Waals surface area (Å²) >= 11 is 0. The summed E-state index contributed by atoms with van der Waals surface area (Å²) in [7, 11) is 0. The second-order valence-corrected chi connectivity index (χ2v) is 5.39. The van der Waals surface area contributed by atoms with Crippen molar-refractivity contribution in [1.29, 1.82) is 0 Å². The van der Waals surface area contributed by atoms with Gasteiger partial charge in [0.1, 0.15) is 0 Å². The summed E-state index contributed by atoms with van der Waals surface area (Å²) in [5.41, 5.74) is 6.36. The molecule has 5 nitrogen and oxygen atoms in total. The molecule has 0 aliphatic carbocycles. The number of nitrogens with two attached hydrogens (primary N) is 1. The topological polar surface area (TPSA) is 75.4 Å². The van der Waals surface area contributed by atoms with Crippen LogP contribution in [-0.2, 0) is 4.79 Å². The van der Waals surface area contributed by atoms with Crippen molar-refractivity contribution < 1.29 is 9.59 Å². The maximum atomic E-state index is 11.9. The molecular weight excluding hydrogens is 254 g/mol. The van der Waals surface area contributed by atoms with Crippen molar-refractivity contribution in [3.05, 3.63) is 35.9 Å². The quantitative estimate of drug-likeness (QED) is 0.844. The third-order valence-electron chi connectivity index (χ3n) is 3.71. The minimum Gasteiger partial charge on any atom is -0.328 e. The van der Waals surface area contributed by atoms with Crippen molar-refractivity contribution in [2.75, 3.05) is 19.6 Å². The van der Waals surface area contributed by atoms with E-state index in [9.17, 15) is 9.59 Å². The van der Waals surface area contributed by atoms with Gasteiger partial charge in [0.25, 0.3) is 5.91 Å². The van der Waals surface area contributed by atoms with Crippen LogP contribution < -0.4 is 11.1 Å². The van der Waals surface area contributed by atoms with Crippen LogP contribution in [0.5, 0.6) is 0 Å². The normalized spacial score (nSPS) is 20.6. The van der Waals surface area contributed by atoms with E-state index >= 15 is 0 Å². The molecular formula is C15H21N3O2. The molecule has 108 valence electrons. The molecule has 1 aliphatic heterocycles. The fourth-order valence-corrected chi connectivity index (χ4v) is 2.47. The third kappa shape index (κ3) is 3.88. The van der Waals surface area contributed by atoms with Crippen LogP contribution in [0.15, 0.2) is 30.3 Å². The predicted octanol–water partition coefficient (Wildman–Crippen LogP) is 0.612. The van der Waals surface area contributed by atoms with E-state index in [0.717, 1.165) is 19.5 Å². The van der Waals surface area contributed by atoms with Gasteiger partial charge in [-0.05, 0) is 37.9 Å². The van der Waals surface area contributed by atoms with E-state index in [1.165, 1.54) is 0 Å². The molecule has 1 aromatic rings. The number of nitrogens with one attached hydrogen (secondary N) is 1. The fraction of sp³-hybridized carbons (Fsp3) is 0.467. The summed E-state index contributed by atoms with van der Waals surface area (Å²) in [5.74, 6) is -0.171. The standard InChI is InChI=1S/C15H21N3O2/c1-11(16)13-7-8-18(9-13)10-14(19)17-15(20)12-5-3-2-4-6-12/h2-6,11,13H,7-10,16H2,1H3,(H,17,19,20). The molecule has 2 amide bonds. The van der Waals surface area contributed by atoms with Crippen LogP contribution in [0.2, 0.25) is 0 Å². The molecule has 3 N–H and O–H groups in total. The zero-order valence-corrected chi connectivity index (χ0v) is 11.7. The van der Waals surface area contributed by atoms with Crippen molar-refractivity contribution in [2.45, 2.75) is 19.4 Å². The second-order valence-electron chi connectivity index (χ2n) is 5.39. The highest BCUT2D eigenvalue weighted by atomic mass is 16.2. The molecule has 5 heteroatoms. The summed E-state index contributed by atoms with van der Waals surface area (Å²) in [5, 5.41) is 2.42. The lowest BCUT2D eigenvalue weighted by Gasteiger charge is -2.17. The summed E-state index contributed by atoms with van der Waals surface area (Å²) in [4.78, 5) is 25.7. The van der Waals surface area contributed by atoms with Crippen molar-refractivity contribution in [3.63, 3.8) is 0 Å². The number of carbonyl (C=O) groups excluding carboxylic acids is 2. The van der Waals surface area contributed by atoms with E-state index in [1.54, 1.807) is 24.3 Å². The molecule has 1 saturated heterocycles. The Hall–Kier alpha value is -1.72. The van der Waals surface area contributed by atoms with Gasteiger partial charge in [0.05, 0.1) is 6.54 Å². The molecule has 0 saturated carbocycles. The number of rotatable bonds is 4. The lowest BCUT2D eigenvalue weighted by atomic mass is 10.0. The van der Waals surface area contributed by atoms with E-state index in [4.69, 9.17) is 5.73 Å². The van der Waals surface area contributed by atoms with Crippen LogP contribution in [0.25, 0.3) is 0 Å². The van der Waals surface area contributed by atoms with Gasteiger partial charge >= 0.3 is 0 Å². The number of benzene rings is 1. The van der Waals surface area contributed by atoms with Gasteiger partial charge in [-0.25, -0.2) is 0 Å².